The van der Waals surface area contributed by atoms with Gasteiger partial charge in [0.1, 0.15) is 5.60 Å². The zero-order valence-electron chi connectivity index (χ0n) is 19.0. The second kappa shape index (κ2) is 8.02. The first-order valence-electron chi connectivity index (χ1n) is 11.0. The van der Waals surface area contributed by atoms with Crippen LogP contribution in [-0.4, -0.2) is 50.9 Å². The van der Waals surface area contributed by atoms with Gasteiger partial charge in [0.05, 0.1) is 6.04 Å². The van der Waals surface area contributed by atoms with E-state index in [-0.39, 0.29) is 18.0 Å². The molecule has 7 nitrogen and oxygen atoms in total. The third kappa shape index (κ3) is 4.31. The van der Waals surface area contributed by atoms with Crippen molar-refractivity contribution in [3.05, 3.63) is 42.2 Å². The summed E-state index contributed by atoms with van der Waals surface area (Å²) in [5.41, 5.74) is 1.71. The number of benzene rings is 1. The molecule has 31 heavy (non-hydrogen) atoms. The molecule has 2 atom stereocenters. The molecule has 0 spiro atoms. The number of ether oxygens (including phenoxy) is 1. The highest BCUT2D eigenvalue weighted by atomic mass is 16.6. The van der Waals surface area contributed by atoms with Gasteiger partial charge in [-0.1, -0.05) is 37.3 Å². The van der Waals surface area contributed by atoms with Crippen LogP contribution in [-0.2, 0) is 11.8 Å². The van der Waals surface area contributed by atoms with Crippen LogP contribution in [0.25, 0.3) is 11.1 Å². The van der Waals surface area contributed by atoms with Crippen molar-refractivity contribution in [1.82, 2.24) is 20.0 Å². The van der Waals surface area contributed by atoms with Gasteiger partial charge in [-0.2, -0.15) is 5.10 Å². The van der Waals surface area contributed by atoms with Gasteiger partial charge in [-0.3, -0.25) is 9.48 Å². The molecule has 7 heteroatoms. The van der Waals surface area contributed by atoms with Crippen LogP contribution in [0.1, 0.15) is 51.0 Å². The number of fused-ring (bicyclic) bond motifs is 2. The van der Waals surface area contributed by atoms with Gasteiger partial charge < -0.3 is 15.0 Å². The van der Waals surface area contributed by atoms with Crippen LogP contribution in [0.15, 0.2) is 36.5 Å². The summed E-state index contributed by atoms with van der Waals surface area (Å²) in [6.45, 7) is 8.08. The molecule has 2 saturated heterocycles. The lowest BCUT2D eigenvalue weighted by Crippen LogP contribution is -2.65. The predicted octanol–water partition coefficient (Wildman–Crippen LogP) is 3.85. The largest absolute Gasteiger partial charge is 0.444 e. The SMILES string of the molecule is CC1C2CC(C2)N(C(=O)c2nn(C)cc2-c2ccccc2)C1CNC(=O)OC(C)(C)C. The van der Waals surface area contributed by atoms with Crippen molar-refractivity contribution < 1.29 is 14.3 Å². The van der Waals surface area contributed by atoms with Gasteiger partial charge in [0.15, 0.2) is 5.69 Å². The van der Waals surface area contributed by atoms with Gasteiger partial charge in [-0.05, 0) is 51.0 Å². The Kier molecular flexibility index (Phi) is 5.54. The third-order valence-corrected chi connectivity index (χ3v) is 6.46. The molecule has 3 fully saturated rings. The molecule has 2 unspecified atom stereocenters. The minimum Gasteiger partial charge on any atom is -0.444 e. The van der Waals surface area contributed by atoms with Gasteiger partial charge in [0, 0.05) is 31.4 Å². The fourth-order valence-electron chi connectivity index (χ4n) is 4.83. The Balaban J connectivity index is 1.58. The number of nitrogens with zero attached hydrogens (tertiary/aromatic N) is 3. The van der Waals surface area contributed by atoms with Gasteiger partial charge in [0.2, 0.25) is 0 Å². The highest BCUT2D eigenvalue weighted by Crippen LogP contribution is 2.47. The maximum Gasteiger partial charge on any atom is 0.407 e. The molecule has 5 rings (SSSR count). The molecule has 1 saturated carbocycles. The predicted molar refractivity (Wildman–Crippen MR) is 119 cm³/mol. The Bertz CT molecular complexity index is 957. The van der Waals surface area contributed by atoms with E-state index in [2.05, 4.69) is 17.3 Å². The first kappa shape index (κ1) is 21.4. The maximum atomic E-state index is 13.8. The number of rotatable bonds is 4. The van der Waals surface area contributed by atoms with E-state index < -0.39 is 11.7 Å². The van der Waals surface area contributed by atoms with E-state index in [1.165, 1.54) is 0 Å². The van der Waals surface area contributed by atoms with Gasteiger partial charge >= 0.3 is 6.09 Å². The van der Waals surface area contributed by atoms with Crippen molar-refractivity contribution in [1.29, 1.82) is 0 Å². The Hall–Kier alpha value is -2.83. The third-order valence-electron chi connectivity index (χ3n) is 6.46. The summed E-state index contributed by atoms with van der Waals surface area (Å²) < 4.78 is 7.09. The highest BCUT2D eigenvalue weighted by molar-refractivity contribution is 5.99. The molecule has 1 aromatic heterocycles. The summed E-state index contributed by atoms with van der Waals surface area (Å²) in [4.78, 5) is 28.0. The lowest BCUT2D eigenvalue weighted by atomic mass is 9.64. The number of carbonyl (C=O) groups excluding carboxylic acids is 2. The highest BCUT2D eigenvalue weighted by Gasteiger charge is 2.51. The zero-order valence-corrected chi connectivity index (χ0v) is 19.0. The number of amides is 2. The van der Waals surface area contributed by atoms with E-state index in [1.807, 2.05) is 69.2 Å². The van der Waals surface area contributed by atoms with Crippen molar-refractivity contribution in [3.63, 3.8) is 0 Å². The lowest BCUT2D eigenvalue weighted by molar-refractivity contribution is -0.0546. The molecule has 2 aliphatic heterocycles. The molecule has 2 aromatic rings. The smallest absolute Gasteiger partial charge is 0.407 e. The number of hydrogen-bond donors (Lipinski definition) is 1. The lowest BCUT2D eigenvalue weighted by Gasteiger charge is -2.57. The minimum atomic E-state index is -0.557. The fourth-order valence-corrected chi connectivity index (χ4v) is 4.83. The number of alkyl carbamates (subject to hydrolysis) is 1. The normalized spacial score (nSPS) is 25.0. The molecular formula is C24H32N4O3. The summed E-state index contributed by atoms with van der Waals surface area (Å²) >= 11 is 0. The number of aryl methyl sites for hydroxylation is 1. The van der Waals surface area contributed by atoms with E-state index in [1.54, 1.807) is 4.68 Å². The van der Waals surface area contributed by atoms with E-state index in [9.17, 15) is 9.59 Å². The average molecular weight is 425 g/mol. The minimum absolute atomic E-state index is 0.0644. The number of carbonyl (C=O) groups is 2. The monoisotopic (exact) mass is 424 g/mol. The fraction of sp³-hybridized carbons (Fsp3) is 0.542. The van der Waals surface area contributed by atoms with Crippen LogP contribution < -0.4 is 5.32 Å². The summed E-state index contributed by atoms with van der Waals surface area (Å²) in [7, 11) is 1.84. The van der Waals surface area contributed by atoms with Crippen molar-refractivity contribution in [2.24, 2.45) is 18.9 Å². The first-order valence-corrected chi connectivity index (χ1v) is 11.0. The Morgan fingerprint density at radius 2 is 1.87 bits per heavy atom. The van der Waals surface area contributed by atoms with Crippen molar-refractivity contribution >= 4 is 12.0 Å². The van der Waals surface area contributed by atoms with Crippen LogP contribution >= 0.6 is 0 Å². The van der Waals surface area contributed by atoms with E-state index in [0.29, 0.717) is 24.1 Å². The molecule has 3 aliphatic rings. The summed E-state index contributed by atoms with van der Waals surface area (Å²) in [6.07, 6.45) is 3.48. The number of hydrogen-bond acceptors (Lipinski definition) is 4. The van der Waals surface area contributed by atoms with E-state index in [4.69, 9.17) is 4.74 Å². The standard InChI is InChI=1S/C24H32N4O3/c1-15-17-11-18(12-17)28(20(15)13-25-23(30)31-24(2,3)4)22(29)21-19(14-27(5)26-21)16-9-7-6-8-10-16/h6-10,14-15,17-18,20H,11-13H2,1-5H3,(H,25,30). The zero-order chi connectivity index (χ0) is 22.3. The van der Waals surface area contributed by atoms with Crippen LogP contribution in [0, 0.1) is 11.8 Å². The van der Waals surface area contributed by atoms with Crippen LogP contribution in [0.2, 0.25) is 0 Å². The average Bonchev–Trinajstić information content (AvgIpc) is 3.06. The molecule has 0 radical (unpaired) electrons. The molecular weight excluding hydrogens is 392 g/mol. The number of aromatic nitrogens is 2. The molecule has 1 N–H and O–H groups in total. The Labute approximate surface area is 183 Å². The van der Waals surface area contributed by atoms with E-state index in [0.717, 1.165) is 24.0 Å². The first-order chi connectivity index (χ1) is 14.6. The summed E-state index contributed by atoms with van der Waals surface area (Å²) in [6, 6.07) is 9.99. The second-order valence-electron chi connectivity index (χ2n) is 9.84. The summed E-state index contributed by atoms with van der Waals surface area (Å²) in [5.74, 6) is 0.829. The van der Waals surface area contributed by atoms with Crippen molar-refractivity contribution in [3.8, 4) is 11.1 Å². The quantitative estimate of drug-likeness (QED) is 0.809. The maximum absolute atomic E-state index is 13.8. The molecule has 1 aromatic carbocycles. The number of nitrogens with one attached hydrogen (secondary N) is 1. The summed E-state index contributed by atoms with van der Waals surface area (Å²) in [5, 5.41) is 7.42. The number of piperidine rings is 2. The van der Waals surface area contributed by atoms with Gasteiger partial charge in [-0.15, -0.1) is 0 Å². The van der Waals surface area contributed by atoms with Crippen molar-refractivity contribution in [2.75, 3.05) is 6.54 Å². The molecule has 2 amide bonds. The molecule has 3 heterocycles. The topological polar surface area (TPSA) is 76.5 Å². The molecule has 166 valence electrons. The van der Waals surface area contributed by atoms with Crippen molar-refractivity contribution in [2.45, 2.75) is 58.2 Å². The van der Waals surface area contributed by atoms with Gasteiger partial charge in [-0.25, -0.2) is 4.79 Å². The Morgan fingerprint density at radius 3 is 2.52 bits per heavy atom. The Morgan fingerprint density at radius 1 is 1.19 bits per heavy atom. The van der Waals surface area contributed by atoms with Crippen LogP contribution in [0.4, 0.5) is 4.79 Å². The molecule has 1 aliphatic carbocycles. The van der Waals surface area contributed by atoms with Gasteiger partial charge in [0.25, 0.3) is 5.91 Å². The molecule has 2 bridgehead atoms. The second-order valence-corrected chi connectivity index (χ2v) is 9.84. The van der Waals surface area contributed by atoms with Crippen LogP contribution in [0.5, 0.6) is 0 Å². The van der Waals surface area contributed by atoms with Crippen LogP contribution in [0.3, 0.4) is 0 Å². The van der Waals surface area contributed by atoms with E-state index >= 15 is 0 Å².